The summed E-state index contributed by atoms with van der Waals surface area (Å²) in [6.45, 7) is 0.666. The fourth-order valence-electron chi connectivity index (χ4n) is 2.12. The van der Waals surface area contributed by atoms with E-state index < -0.39 is 11.9 Å². The molecule has 0 aliphatic carbocycles. The van der Waals surface area contributed by atoms with Crippen molar-refractivity contribution in [3.63, 3.8) is 0 Å². The quantitative estimate of drug-likeness (QED) is 0.845. The van der Waals surface area contributed by atoms with Crippen molar-refractivity contribution in [3.8, 4) is 0 Å². The van der Waals surface area contributed by atoms with Crippen LogP contribution in [0.1, 0.15) is 30.7 Å². The average Bonchev–Trinajstić information content (AvgIpc) is 2.31. The Balaban J connectivity index is 2.20. The standard InChI is InChI=1S/C12H15NO3/c14-12(15)11(9-4-6-13-7-5-9)10-3-1-2-8-16-10/h4-7,10-11H,1-3,8H2,(H,14,15). The highest BCUT2D eigenvalue weighted by Gasteiger charge is 2.31. The number of pyridine rings is 1. The van der Waals surface area contributed by atoms with Gasteiger partial charge in [0.2, 0.25) is 0 Å². The minimum Gasteiger partial charge on any atom is -0.481 e. The van der Waals surface area contributed by atoms with Gasteiger partial charge in [-0.1, -0.05) is 0 Å². The maximum absolute atomic E-state index is 11.3. The van der Waals surface area contributed by atoms with Gasteiger partial charge in [0.1, 0.15) is 5.92 Å². The minimum absolute atomic E-state index is 0.200. The highest BCUT2D eigenvalue weighted by Crippen LogP contribution is 2.28. The number of aromatic nitrogens is 1. The van der Waals surface area contributed by atoms with Crippen molar-refractivity contribution in [2.75, 3.05) is 6.61 Å². The number of ether oxygens (including phenoxy) is 1. The third kappa shape index (κ3) is 2.39. The van der Waals surface area contributed by atoms with E-state index in [0.717, 1.165) is 24.8 Å². The van der Waals surface area contributed by atoms with E-state index in [1.807, 2.05) is 0 Å². The third-order valence-electron chi connectivity index (χ3n) is 2.92. The van der Waals surface area contributed by atoms with Crippen molar-refractivity contribution in [2.45, 2.75) is 31.3 Å². The molecule has 0 aromatic carbocycles. The second kappa shape index (κ2) is 5.07. The zero-order chi connectivity index (χ0) is 11.4. The van der Waals surface area contributed by atoms with Crippen molar-refractivity contribution in [1.82, 2.24) is 4.98 Å². The van der Waals surface area contributed by atoms with E-state index in [-0.39, 0.29) is 6.10 Å². The Labute approximate surface area is 94.3 Å². The number of hydrogen-bond acceptors (Lipinski definition) is 3. The molecule has 1 aliphatic heterocycles. The number of rotatable bonds is 3. The molecule has 1 aliphatic rings. The van der Waals surface area contributed by atoms with Gasteiger partial charge in [-0.05, 0) is 37.0 Å². The van der Waals surface area contributed by atoms with Crippen LogP contribution in [0.15, 0.2) is 24.5 Å². The van der Waals surface area contributed by atoms with E-state index in [4.69, 9.17) is 4.74 Å². The first-order valence-electron chi connectivity index (χ1n) is 5.53. The Morgan fingerprint density at radius 3 is 2.75 bits per heavy atom. The molecule has 86 valence electrons. The number of hydrogen-bond donors (Lipinski definition) is 1. The molecule has 0 saturated carbocycles. The molecule has 0 bridgehead atoms. The summed E-state index contributed by atoms with van der Waals surface area (Å²) >= 11 is 0. The highest BCUT2D eigenvalue weighted by molar-refractivity contribution is 5.76. The molecule has 4 nitrogen and oxygen atoms in total. The zero-order valence-corrected chi connectivity index (χ0v) is 9.00. The molecule has 0 radical (unpaired) electrons. The van der Waals surface area contributed by atoms with Gasteiger partial charge in [0.15, 0.2) is 0 Å². The number of carboxylic acid groups (broad SMARTS) is 1. The van der Waals surface area contributed by atoms with Gasteiger partial charge in [-0.25, -0.2) is 0 Å². The van der Waals surface area contributed by atoms with Gasteiger partial charge in [-0.2, -0.15) is 0 Å². The van der Waals surface area contributed by atoms with Gasteiger partial charge in [-0.15, -0.1) is 0 Å². The smallest absolute Gasteiger partial charge is 0.313 e. The van der Waals surface area contributed by atoms with E-state index in [1.54, 1.807) is 24.5 Å². The van der Waals surface area contributed by atoms with Gasteiger partial charge in [0.05, 0.1) is 6.10 Å². The minimum atomic E-state index is -0.821. The molecule has 2 unspecified atom stereocenters. The van der Waals surface area contributed by atoms with E-state index in [2.05, 4.69) is 4.98 Å². The number of nitrogens with zero attached hydrogens (tertiary/aromatic N) is 1. The Bertz CT molecular complexity index is 347. The molecular weight excluding hydrogens is 206 g/mol. The normalized spacial score (nSPS) is 22.6. The Morgan fingerprint density at radius 1 is 1.44 bits per heavy atom. The van der Waals surface area contributed by atoms with Gasteiger partial charge in [0, 0.05) is 19.0 Å². The SMILES string of the molecule is O=C(O)C(c1ccncc1)C1CCCCO1. The molecule has 1 aromatic heterocycles. The summed E-state index contributed by atoms with van der Waals surface area (Å²) in [5.41, 5.74) is 0.773. The van der Waals surface area contributed by atoms with Crippen molar-refractivity contribution < 1.29 is 14.6 Å². The molecule has 2 heterocycles. The number of carboxylic acids is 1. The van der Waals surface area contributed by atoms with E-state index >= 15 is 0 Å². The Kier molecular flexibility index (Phi) is 3.51. The van der Waals surface area contributed by atoms with E-state index in [0.29, 0.717) is 6.61 Å². The summed E-state index contributed by atoms with van der Waals surface area (Å²) in [5, 5.41) is 9.28. The van der Waals surface area contributed by atoms with Crippen LogP contribution in [0.4, 0.5) is 0 Å². The van der Waals surface area contributed by atoms with Crippen molar-refractivity contribution in [1.29, 1.82) is 0 Å². The van der Waals surface area contributed by atoms with Gasteiger partial charge in [0.25, 0.3) is 0 Å². The lowest BCUT2D eigenvalue weighted by Gasteiger charge is -2.28. The predicted molar refractivity (Wildman–Crippen MR) is 58.2 cm³/mol. The zero-order valence-electron chi connectivity index (χ0n) is 9.00. The van der Waals surface area contributed by atoms with Gasteiger partial charge < -0.3 is 9.84 Å². The lowest BCUT2D eigenvalue weighted by molar-refractivity contribution is -0.144. The predicted octanol–water partition coefficient (Wildman–Crippen LogP) is 1.82. The van der Waals surface area contributed by atoms with E-state index in [1.165, 1.54) is 0 Å². The summed E-state index contributed by atoms with van der Waals surface area (Å²) in [4.78, 5) is 15.2. The first-order chi connectivity index (χ1) is 7.79. The molecule has 1 N–H and O–H groups in total. The summed E-state index contributed by atoms with van der Waals surface area (Å²) in [6.07, 6.45) is 5.92. The molecule has 1 saturated heterocycles. The monoisotopic (exact) mass is 221 g/mol. The molecule has 2 rings (SSSR count). The van der Waals surface area contributed by atoms with Crippen LogP contribution in [-0.4, -0.2) is 28.8 Å². The van der Waals surface area contributed by atoms with Crippen LogP contribution in [0.2, 0.25) is 0 Å². The van der Waals surface area contributed by atoms with Gasteiger partial charge >= 0.3 is 5.97 Å². The van der Waals surface area contributed by atoms with Crippen LogP contribution in [0, 0.1) is 0 Å². The number of aliphatic carboxylic acids is 1. The fourth-order valence-corrected chi connectivity index (χ4v) is 2.12. The first-order valence-corrected chi connectivity index (χ1v) is 5.53. The van der Waals surface area contributed by atoms with E-state index in [9.17, 15) is 9.90 Å². The molecule has 1 aromatic rings. The van der Waals surface area contributed by atoms with Crippen molar-refractivity contribution >= 4 is 5.97 Å². The lowest BCUT2D eigenvalue weighted by Crippen LogP contribution is -2.31. The molecular formula is C12H15NO3. The summed E-state index contributed by atoms with van der Waals surface area (Å²) in [6, 6.07) is 3.49. The first kappa shape index (κ1) is 11.1. The second-order valence-electron chi connectivity index (χ2n) is 4.00. The number of carbonyl (C=O) groups is 1. The maximum Gasteiger partial charge on any atom is 0.313 e. The Morgan fingerprint density at radius 2 is 2.19 bits per heavy atom. The maximum atomic E-state index is 11.3. The van der Waals surface area contributed by atoms with Crippen LogP contribution in [0.5, 0.6) is 0 Å². The van der Waals surface area contributed by atoms with Crippen LogP contribution in [-0.2, 0) is 9.53 Å². The summed E-state index contributed by atoms with van der Waals surface area (Å²) in [5.74, 6) is -1.39. The van der Waals surface area contributed by atoms with Crippen LogP contribution in [0.25, 0.3) is 0 Å². The summed E-state index contributed by atoms with van der Waals surface area (Å²) in [7, 11) is 0. The Hall–Kier alpha value is -1.42. The fraction of sp³-hybridized carbons (Fsp3) is 0.500. The molecule has 0 spiro atoms. The molecule has 0 amide bonds. The average molecular weight is 221 g/mol. The molecule has 2 atom stereocenters. The molecule has 1 fully saturated rings. The van der Waals surface area contributed by atoms with Crippen molar-refractivity contribution in [3.05, 3.63) is 30.1 Å². The largest absolute Gasteiger partial charge is 0.481 e. The van der Waals surface area contributed by atoms with Crippen LogP contribution in [0.3, 0.4) is 0 Å². The summed E-state index contributed by atoms with van der Waals surface area (Å²) < 4.78 is 5.55. The molecule has 16 heavy (non-hydrogen) atoms. The second-order valence-corrected chi connectivity index (χ2v) is 4.00. The van der Waals surface area contributed by atoms with Gasteiger partial charge in [-0.3, -0.25) is 9.78 Å². The van der Waals surface area contributed by atoms with Crippen molar-refractivity contribution in [2.24, 2.45) is 0 Å². The van der Waals surface area contributed by atoms with Crippen LogP contribution < -0.4 is 0 Å². The lowest BCUT2D eigenvalue weighted by atomic mass is 9.90. The topological polar surface area (TPSA) is 59.4 Å². The third-order valence-corrected chi connectivity index (χ3v) is 2.92. The highest BCUT2D eigenvalue weighted by atomic mass is 16.5. The molecule has 4 heteroatoms. The van der Waals surface area contributed by atoms with Crippen LogP contribution >= 0.6 is 0 Å².